The smallest absolute Gasteiger partial charge is 0.254 e. The lowest BCUT2D eigenvalue weighted by atomic mass is 10.1. The Bertz CT molecular complexity index is 647. The highest BCUT2D eigenvalue weighted by atomic mass is 16.3. The molecule has 5 nitrogen and oxygen atoms in total. The molecule has 0 saturated carbocycles. The van der Waals surface area contributed by atoms with Gasteiger partial charge in [-0.25, -0.2) is 0 Å². The summed E-state index contributed by atoms with van der Waals surface area (Å²) in [6, 6.07) is 9.12. The van der Waals surface area contributed by atoms with Crippen molar-refractivity contribution in [3.05, 3.63) is 47.4 Å². The number of nitrogens with two attached hydrogens (primary N) is 1. The fourth-order valence-corrected chi connectivity index (χ4v) is 2.19. The second kappa shape index (κ2) is 5.91. The molecule has 21 heavy (non-hydrogen) atoms. The molecule has 0 saturated heterocycles. The van der Waals surface area contributed by atoms with Crippen LogP contribution in [0.3, 0.4) is 0 Å². The molecule has 0 radical (unpaired) electrons. The van der Waals surface area contributed by atoms with Crippen LogP contribution >= 0.6 is 0 Å². The average Bonchev–Trinajstić information content (AvgIpc) is 2.82. The minimum Gasteiger partial charge on any atom is -0.464 e. The van der Waals surface area contributed by atoms with Crippen molar-refractivity contribution in [3.8, 4) is 0 Å². The number of carbonyl (C=O) groups excluding carboxylic acids is 1. The van der Waals surface area contributed by atoms with E-state index >= 15 is 0 Å². The second-order valence-electron chi connectivity index (χ2n) is 5.34. The van der Waals surface area contributed by atoms with Gasteiger partial charge in [-0.3, -0.25) is 4.79 Å². The molecule has 2 aromatic rings. The van der Waals surface area contributed by atoms with Gasteiger partial charge in [-0.15, -0.1) is 0 Å². The first-order chi connectivity index (χ1) is 9.88. The zero-order chi connectivity index (χ0) is 15.6. The topological polar surface area (TPSA) is 62.7 Å². The van der Waals surface area contributed by atoms with Crippen LogP contribution in [0.15, 0.2) is 34.7 Å². The van der Waals surface area contributed by atoms with Gasteiger partial charge in [0.1, 0.15) is 11.5 Å². The number of anilines is 2. The Morgan fingerprint density at radius 2 is 1.90 bits per heavy atom. The molecular weight excluding hydrogens is 266 g/mol. The van der Waals surface area contributed by atoms with Gasteiger partial charge in [-0.05, 0) is 37.3 Å². The molecule has 0 bridgehead atoms. The van der Waals surface area contributed by atoms with Crippen molar-refractivity contribution in [1.82, 2.24) is 4.90 Å². The highest BCUT2D eigenvalue weighted by Gasteiger charge is 2.15. The minimum absolute atomic E-state index is 0.0824. The van der Waals surface area contributed by atoms with Gasteiger partial charge in [0, 0.05) is 26.7 Å². The quantitative estimate of drug-likeness (QED) is 0.878. The van der Waals surface area contributed by atoms with Gasteiger partial charge in [0.25, 0.3) is 5.91 Å². The zero-order valence-corrected chi connectivity index (χ0v) is 12.9. The van der Waals surface area contributed by atoms with Crippen LogP contribution in [-0.2, 0) is 6.54 Å². The maximum Gasteiger partial charge on any atom is 0.254 e. The molecule has 1 aromatic heterocycles. The first-order valence-corrected chi connectivity index (χ1v) is 6.76. The van der Waals surface area contributed by atoms with E-state index in [2.05, 4.69) is 0 Å². The van der Waals surface area contributed by atoms with E-state index in [9.17, 15) is 4.79 Å². The van der Waals surface area contributed by atoms with E-state index < -0.39 is 0 Å². The molecule has 0 fully saturated rings. The fraction of sp³-hybridized carbons (Fsp3) is 0.312. The van der Waals surface area contributed by atoms with E-state index in [1.165, 1.54) is 0 Å². The van der Waals surface area contributed by atoms with Gasteiger partial charge in [-0.1, -0.05) is 0 Å². The molecule has 0 unspecified atom stereocenters. The summed E-state index contributed by atoms with van der Waals surface area (Å²) in [7, 11) is 5.58. The van der Waals surface area contributed by atoms with Crippen molar-refractivity contribution in [2.45, 2.75) is 13.5 Å². The van der Waals surface area contributed by atoms with E-state index in [1.807, 2.05) is 44.1 Å². The molecule has 0 aliphatic rings. The lowest BCUT2D eigenvalue weighted by molar-refractivity contribution is 0.0775. The van der Waals surface area contributed by atoms with E-state index in [1.54, 1.807) is 24.1 Å². The highest BCUT2D eigenvalue weighted by Crippen LogP contribution is 2.23. The third-order valence-electron chi connectivity index (χ3n) is 3.29. The molecule has 2 rings (SSSR count). The molecule has 0 spiro atoms. The number of hydrogen-bond donors (Lipinski definition) is 1. The summed E-state index contributed by atoms with van der Waals surface area (Å²) in [4.78, 5) is 15.9. The lowest BCUT2D eigenvalue weighted by Gasteiger charge is -2.19. The van der Waals surface area contributed by atoms with Crippen LogP contribution < -0.4 is 10.6 Å². The summed E-state index contributed by atoms with van der Waals surface area (Å²) < 4.78 is 5.49. The predicted molar refractivity (Wildman–Crippen MR) is 84.4 cm³/mol. The van der Waals surface area contributed by atoms with Crippen LogP contribution in [0.1, 0.15) is 21.9 Å². The number of nitrogens with zero attached hydrogens (tertiary/aromatic N) is 2. The number of hydrogen-bond acceptors (Lipinski definition) is 4. The molecule has 0 atom stereocenters. The molecule has 0 aliphatic carbocycles. The van der Waals surface area contributed by atoms with Crippen molar-refractivity contribution >= 4 is 17.3 Å². The number of nitrogen functional groups attached to an aromatic ring is 1. The van der Waals surface area contributed by atoms with E-state index in [4.69, 9.17) is 10.2 Å². The summed E-state index contributed by atoms with van der Waals surface area (Å²) in [6.45, 7) is 2.31. The van der Waals surface area contributed by atoms with Gasteiger partial charge in [-0.2, -0.15) is 0 Å². The lowest BCUT2D eigenvalue weighted by Crippen LogP contribution is -2.26. The third kappa shape index (κ3) is 3.37. The molecule has 5 heteroatoms. The van der Waals surface area contributed by atoms with Crippen LogP contribution in [0.4, 0.5) is 11.4 Å². The average molecular weight is 287 g/mol. The Morgan fingerprint density at radius 3 is 2.43 bits per heavy atom. The van der Waals surface area contributed by atoms with Crippen molar-refractivity contribution in [2.75, 3.05) is 31.8 Å². The predicted octanol–water partition coefficient (Wildman–Crippen LogP) is 2.51. The number of aryl methyl sites for hydroxylation is 1. The summed E-state index contributed by atoms with van der Waals surface area (Å²) in [6.07, 6.45) is 0. The molecule has 1 amide bonds. The van der Waals surface area contributed by atoms with Crippen molar-refractivity contribution in [2.24, 2.45) is 0 Å². The second-order valence-corrected chi connectivity index (χ2v) is 5.34. The van der Waals surface area contributed by atoms with Crippen molar-refractivity contribution < 1.29 is 9.21 Å². The number of benzene rings is 1. The molecule has 0 aliphatic heterocycles. The maximum absolute atomic E-state index is 12.4. The Balaban J connectivity index is 2.14. The third-order valence-corrected chi connectivity index (χ3v) is 3.29. The van der Waals surface area contributed by atoms with Gasteiger partial charge >= 0.3 is 0 Å². The van der Waals surface area contributed by atoms with Crippen LogP contribution in [0.25, 0.3) is 0 Å². The Labute approximate surface area is 124 Å². The van der Waals surface area contributed by atoms with Gasteiger partial charge in [0.05, 0.1) is 17.9 Å². The molecule has 112 valence electrons. The highest BCUT2D eigenvalue weighted by molar-refractivity contribution is 5.96. The summed E-state index contributed by atoms with van der Waals surface area (Å²) >= 11 is 0. The normalized spacial score (nSPS) is 10.5. The number of carbonyl (C=O) groups is 1. The number of rotatable bonds is 4. The SMILES string of the molecule is Cc1ccc(CN(C)C(=O)c2ccc(N(C)C)c(N)c2)o1. The standard InChI is InChI=1S/C16H21N3O2/c1-11-5-7-13(21-11)10-19(4)16(20)12-6-8-15(18(2)3)14(17)9-12/h5-9H,10,17H2,1-4H3. The van der Waals surface area contributed by atoms with E-state index in [0.717, 1.165) is 17.2 Å². The van der Waals surface area contributed by atoms with Crippen LogP contribution in [0.5, 0.6) is 0 Å². The van der Waals surface area contributed by atoms with Crippen LogP contribution in [0, 0.1) is 6.92 Å². The maximum atomic E-state index is 12.4. The molecular formula is C16H21N3O2. The van der Waals surface area contributed by atoms with E-state index in [-0.39, 0.29) is 5.91 Å². The fourth-order valence-electron chi connectivity index (χ4n) is 2.19. The number of amides is 1. The first-order valence-electron chi connectivity index (χ1n) is 6.76. The Kier molecular flexibility index (Phi) is 4.21. The van der Waals surface area contributed by atoms with Gasteiger partial charge in [0.15, 0.2) is 0 Å². The summed E-state index contributed by atoms with van der Waals surface area (Å²) in [5.74, 6) is 1.52. The minimum atomic E-state index is -0.0824. The number of furan rings is 1. The monoisotopic (exact) mass is 287 g/mol. The van der Waals surface area contributed by atoms with Crippen LogP contribution in [-0.4, -0.2) is 32.0 Å². The molecule has 2 N–H and O–H groups in total. The Morgan fingerprint density at radius 1 is 1.19 bits per heavy atom. The van der Waals surface area contributed by atoms with E-state index in [0.29, 0.717) is 17.8 Å². The zero-order valence-electron chi connectivity index (χ0n) is 12.9. The molecule has 1 heterocycles. The van der Waals surface area contributed by atoms with Gasteiger partial charge in [0.2, 0.25) is 0 Å². The van der Waals surface area contributed by atoms with Crippen LogP contribution in [0.2, 0.25) is 0 Å². The largest absolute Gasteiger partial charge is 0.464 e. The molecule has 1 aromatic carbocycles. The summed E-state index contributed by atoms with van der Waals surface area (Å²) in [5.41, 5.74) is 8.05. The van der Waals surface area contributed by atoms with Crippen molar-refractivity contribution in [1.29, 1.82) is 0 Å². The Hall–Kier alpha value is -2.43. The van der Waals surface area contributed by atoms with Gasteiger partial charge < -0.3 is 20.0 Å². The first kappa shape index (κ1) is 15.0. The summed E-state index contributed by atoms with van der Waals surface area (Å²) in [5, 5.41) is 0. The van der Waals surface area contributed by atoms with Crippen molar-refractivity contribution in [3.63, 3.8) is 0 Å².